The van der Waals surface area contributed by atoms with E-state index in [1.165, 1.54) is 0 Å². The number of hydrogen-bond donors (Lipinski definition) is 3. The highest BCUT2D eigenvalue weighted by Crippen LogP contribution is 2.54. The van der Waals surface area contributed by atoms with E-state index in [9.17, 15) is 40.3 Å². The highest BCUT2D eigenvalue weighted by molar-refractivity contribution is 7.86. The van der Waals surface area contributed by atoms with Crippen LogP contribution in [-0.4, -0.2) is 90.6 Å². The van der Waals surface area contributed by atoms with Crippen LogP contribution in [0, 0.1) is 0 Å². The van der Waals surface area contributed by atoms with E-state index in [2.05, 4.69) is 39.9 Å². The molecule has 0 fully saturated rings. The Morgan fingerprint density at radius 1 is 0.727 bits per heavy atom. The minimum Gasteiger partial charge on any atom is -0.352 e. The number of anilines is 1. The number of amides is 1. The SMILES string of the molecule is CCCCCCNC(=O)c1cc2c(c3c1C(C)(C)C(C)=N3)C(C)(C)C(C=CC=CC=C1N(CCCS(=O)(=O)O)c3cc(C(=O)CCC)cc(C(=O)CCC)c3C1(C)C)=[N+]2CCCS(=O)(=O)O. The van der Waals surface area contributed by atoms with Gasteiger partial charge in [0.15, 0.2) is 17.3 Å². The largest absolute Gasteiger partial charge is 0.352 e. The number of nitrogens with zero attached hydrogens (tertiary/aromatic N) is 3. The standard InChI is InChI=1S/C51H70N4O9S2/c1-11-14-15-19-26-52-48(58)37-33-39-46(47-45(37)49(5,6)34(4)53-47)51(9,10)43(55(39)28-21-30-66(62,63)64)25-18-16-17-24-42-50(7,8)44-36(41(57)23-13-3)31-35(40(56)22-12-2)32-38(44)54(42)27-20-29-65(59,60)61/h16-18,24-25,31-33H,11-15,19-23,26-30H2,1-10H3,(H2-,52,58,59,60,61,62,63,64)/p+1. The summed E-state index contributed by atoms with van der Waals surface area (Å²) in [6.45, 7) is 21.3. The van der Waals surface area contributed by atoms with E-state index >= 15 is 0 Å². The predicted octanol–water partition coefficient (Wildman–Crippen LogP) is 10.1. The summed E-state index contributed by atoms with van der Waals surface area (Å²) < 4.78 is 68.9. The van der Waals surface area contributed by atoms with E-state index in [4.69, 9.17) is 4.99 Å². The Morgan fingerprint density at radius 3 is 2.02 bits per heavy atom. The summed E-state index contributed by atoms with van der Waals surface area (Å²) in [5.41, 5.74) is 6.69. The van der Waals surface area contributed by atoms with Crippen molar-refractivity contribution in [2.45, 2.75) is 150 Å². The minimum absolute atomic E-state index is 0.0749. The number of fused-ring (bicyclic) bond motifs is 4. The van der Waals surface area contributed by atoms with Gasteiger partial charge in [-0.15, -0.1) is 0 Å². The van der Waals surface area contributed by atoms with Crippen molar-refractivity contribution in [1.29, 1.82) is 0 Å². The summed E-state index contributed by atoms with van der Waals surface area (Å²) in [4.78, 5) is 48.2. The lowest BCUT2D eigenvalue weighted by Crippen LogP contribution is -2.31. The molecule has 1 amide bonds. The maximum atomic E-state index is 14.1. The highest BCUT2D eigenvalue weighted by atomic mass is 32.2. The van der Waals surface area contributed by atoms with Gasteiger partial charge in [0, 0.05) is 89.1 Å². The Labute approximate surface area is 393 Å². The fourth-order valence-electron chi connectivity index (χ4n) is 9.79. The second-order valence-corrected chi connectivity index (χ2v) is 22.6. The molecule has 0 aliphatic carbocycles. The smallest absolute Gasteiger partial charge is 0.265 e. The molecule has 2 aromatic rings. The second kappa shape index (κ2) is 20.7. The van der Waals surface area contributed by atoms with Crippen molar-refractivity contribution in [2.75, 3.05) is 36.0 Å². The van der Waals surface area contributed by atoms with Gasteiger partial charge in [-0.2, -0.15) is 21.4 Å². The van der Waals surface area contributed by atoms with Gasteiger partial charge in [-0.3, -0.25) is 28.5 Å². The van der Waals surface area contributed by atoms with Crippen LogP contribution >= 0.6 is 0 Å². The third-order valence-electron chi connectivity index (χ3n) is 13.3. The van der Waals surface area contributed by atoms with Crippen molar-refractivity contribution in [2.24, 2.45) is 4.99 Å². The Morgan fingerprint density at radius 2 is 1.38 bits per heavy atom. The zero-order valence-electron chi connectivity index (χ0n) is 40.6. The molecular weight excluding hydrogens is 877 g/mol. The average molecular weight is 948 g/mol. The molecule has 3 heterocycles. The molecule has 66 heavy (non-hydrogen) atoms. The molecule has 0 aromatic heterocycles. The molecule has 0 radical (unpaired) electrons. The van der Waals surface area contributed by atoms with E-state index < -0.39 is 48.0 Å². The number of carbonyl (C=O) groups is 3. The first-order chi connectivity index (χ1) is 30.8. The van der Waals surface area contributed by atoms with Gasteiger partial charge in [0.2, 0.25) is 5.69 Å². The number of nitrogens with one attached hydrogen (secondary N) is 1. The second-order valence-electron chi connectivity index (χ2n) is 19.5. The van der Waals surface area contributed by atoms with Crippen molar-refractivity contribution >= 4 is 66.2 Å². The summed E-state index contributed by atoms with van der Waals surface area (Å²) in [5, 5.41) is 3.14. The van der Waals surface area contributed by atoms with Crippen LogP contribution in [-0.2, 0) is 36.5 Å². The molecule has 15 heteroatoms. The molecule has 5 rings (SSSR count). The van der Waals surface area contributed by atoms with Crippen LogP contribution in [0.4, 0.5) is 17.1 Å². The summed E-state index contributed by atoms with van der Waals surface area (Å²) in [5.74, 6) is -1.25. The fourth-order valence-corrected chi connectivity index (χ4v) is 10.8. The normalized spacial score (nSPS) is 17.8. The summed E-state index contributed by atoms with van der Waals surface area (Å²) in [6.07, 6.45) is 15.6. The molecule has 3 aliphatic heterocycles. The molecule has 360 valence electrons. The predicted molar refractivity (Wildman–Crippen MR) is 265 cm³/mol. The van der Waals surface area contributed by atoms with Crippen LogP contribution in [0.1, 0.15) is 181 Å². The van der Waals surface area contributed by atoms with Crippen molar-refractivity contribution in [1.82, 2.24) is 5.32 Å². The number of aliphatic imine (C=N–C) groups is 1. The van der Waals surface area contributed by atoms with E-state index in [1.807, 2.05) is 80.5 Å². The number of unbranched alkanes of at least 4 members (excludes halogenated alkanes) is 3. The molecule has 0 bridgehead atoms. The maximum Gasteiger partial charge on any atom is 0.265 e. The lowest BCUT2D eigenvalue weighted by Gasteiger charge is -2.27. The number of ketones is 2. The van der Waals surface area contributed by atoms with Crippen molar-refractivity contribution in [3.05, 3.63) is 87.7 Å². The number of hydrogen-bond acceptors (Lipinski definition) is 9. The molecule has 3 N–H and O–H groups in total. The van der Waals surface area contributed by atoms with Crippen LogP contribution < -0.4 is 10.2 Å². The van der Waals surface area contributed by atoms with E-state index in [1.54, 1.807) is 12.1 Å². The molecule has 0 spiro atoms. The number of rotatable bonds is 23. The van der Waals surface area contributed by atoms with Crippen molar-refractivity contribution in [3.8, 4) is 0 Å². The van der Waals surface area contributed by atoms with Gasteiger partial charge in [0.05, 0.1) is 33.7 Å². The van der Waals surface area contributed by atoms with Crippen LogP contribution in [0.2, 0.25) is 0 Å². The van der Waals surface area contributed by atoms with Crippen molar-refractivity contribution < 1.29 is 44.9 Å². The third-order valence-corrected chi connectivity index (χ3v) is 14.9. The Bertz CT molecular complexity index is 2630. The van der Waals surface area contributed by atoms with Gasteiger partial charge < -0.3 is 10.2 Å². The first kappa shape index (κ1) is 52.4. The Kier molecular flexibility index (Phi) is 16.5. The average Bonchev–Trinajstić information content (AvgIpc) is 3.68. The highest BCUT2D eigenvalue weighted by Gasteiger charge is 2.51. The van der Waals surface area contributed by atoms with Gasteiger partial charge in [-0.25, -0.2) is 0 Å². The first-order valence-electron chi connectivity index (χ1n) is 23.5. The number of allylic oxidation sites excluding steroid dienone is 6. The van der Waals surface area contributed by atoms with Crippen LogP contribution in [0.15, 0.2) is 59.3 Å². The lowest BCUT2D eigenvalue weighted by atomic mass is 9.74. The summed E-state index contributed by atoms with van der Waals surface area (Å²) >= 11 is 0. The van der Waals surface area contributed by atoms with Gasteiger partial charge in [-0.05, 0) is 70.2 Å². The quantitative estimate of drug-likeness (QED) is 0.0318. The number of Topliss-reactive ketones (excluding diaryl/α,β-unsaturated/α-hetero) is 2. The van der Waals surface area contributed by atoms with Crippen molar-refractivity contribution in [3.63, 3.8) is 0 Å². The number of benzene rings is 2. The van der Waals surface area contributed by atoms with E-state index in [0.717, 1.165) is 70.9 Å². The molecule has 3 aliphatic rings. The number of carbonyl (C=O) groups excluding carboxylic acids is 3. The zero-order chi connectivity index (χ0) is 49.0. The first-order valence-corrected chi connectivity index (χ1v) is 26.7. The summed E-state index contributed by atoms with van der Waals surface area (Å²) in [7, 11) is -8.51. The van der Waals surface area contributed by atoms with E-state index in [-0.39, 0.29) is 43.4 Å². The summed E-state index contributed by atoms with van der Waals surface area (Å²) in [6, 6.07) is 5.43. The van der Waals surface area contributed by atoms with Gasteiger partial charge >= 0.3 is 0 Å². The van der Waals surface area contributed by atoms with Crippen LogP contribution in [0.3, 0.4) is 0 Å². The van der Waals surface area contributed by atoms with E-state index in [0.29, 0.717) is 54.6 Å². The molecule has 13 nitrogen and oxygen atoms in total. The maximum absolute atomic E-state index is 14.1. The zero-order valence-corrected chi connectivity index (χ0v) is 42.3. The van der Waals surface area contributed by atoms with Gasteiger partial charge in [0.1, 0.15) is 6.54 Å². The molecule has 0 atom stereocenters. The van der Waals surface area contributed by atoms with Crippen LogP contribution in [0.25, 0.3) is 0 Å². The Hall–Kier alpha value is -4.57. The minimum atomic E-state index is -4.26. The Balaban J connectivity index is 1.62. The van der Waals surface area contributed by atoms with Gasteiger partial charge in [0.25, 0.3) is 26.1 Å². The molecule has 0 saturated carbocycles. The molecule has 2 aromatic carbocycles. The molecule has 0 unspecified atom stereocenters. The third kappa shape index (κ3) is 11.2. The van der Waals surface area contributed by atoms with Crippen LogP contribution in [0.5, 0.6) is 0 Å². The lowest BCUT2D eigenvalue weighted by molar-refractivity contribution is -0.437. The molecular formula is C51H71N4O9S2+. The molecule has 0 saturated heterocycles. The fraction of sp³-hybridized carbons (Fsp3) is 0.549. The van der Waals surface area contributed by atoms with Gasteiger partial charge in [-0.1, -0.05) is 86.0 Å². The monoisotopic (exact) mass is 947 g/mol. The topological polar surface area (TPSA) is 191 Å².